The Balaban J connectivity index is 1.72. The lowest BCUT2D eigenvalue weighted by Gasteiger charge is -2.13. The third-order valence-electron chi connectivity index (χ3n) is 4.31. The van der Waals surface area contributed by atoms with E-state index >= 15 is 0 Å². The quantitative estimate of drug-likeness (QED) is 0.752. The van der Waals surface area contributed by atoms with Crippen LogP contribution < -0.4 is 5.18 Å². The van der Waals surface area contributed by atoms with Gasteiger partial charge in [-0.2, -0.15) is 0 Å². The van der Waals surface area contributed by atoms with Gasteiger partial charge in [-0.15, -0.1) is 0 Å². The van der Waals surface area contributed by atoms with E-state index in [2.05, 4.69) is 4.98 Å². The number of Topliss-reactive ketones (excluding diaryl/α,β-unsaturated/α-hetero) is 1. The van der Waals surface area contributed by atoms with Crippen molar-refractivity contribution < 1.29 is 9.97 Å². The summed E-state index contributed by atoms with van der Waals surface area (Å²) in [6, 6.07) is 14.7. The van der Waals surface area contributed by atoms with Gasteiger partial charge >= 0.3 is 0 Å². The van der Waals surface area contributed by atoms with Crippen molar-refractivity contribution in [3.8, 4) is 11.3 Å². The van der Waals surface area contributed by atoms with E-state index in [1.807, 2.05) is 40.2 Å². The lowest BCUT2D eigenvalue weighted by atomic mass is 9.96. The van der Waals surface area contributed by atoms with E-state index < -0.39 is 0 Å². The Bertz CT molecular complexity index is 914. The van der Waals surface area contributed by atoms with Crippen LogP contribution in [0.25, 0.3) is 11.3 Å². The SMILES string of the molecule is O=[NH+]c1ccccc1C(=O)CC1c2ccccc2-c2cncn21. The molecule has 0 fully saturated rings. The summed E-state index contributed by atoms with van der Waals surface area (Å²) in [5, 5.41) is 1.84. The zero-order valence-electron chi connectivity index (χ0n) is 12.3. The highest BCUT2D eigenvalue weighted by Gasteiger charge is 2.31. The van der Waals surface area contributed by atoms with Gasteiger partial charge in [0.25, 0.3) is 5.69 Å². The number of carbonyl (C=O) groups is 1. The Morgan fingerprint density at radius 3 is 2.78 bits per heavy atom. The van der Waals surface area contributed by atoms with Crippen LogP contribution in [0.2, 0.25) is 0 Å². The number of nitrogens with one attached hydrogen (secondary N) is 1. The fourth-order valence-electron chi connectivity index (χ4n) is 3.24. The van der Waals surface area contributed by atoms with E-state index in [1.165, 1.54) is 0 Å². The van der Waals surface area contributed by atoms with E-state index in [1.54, 1.807) is 30.6 Å². The van der Waals surface area contributed by atoms with Crippen molar-refractivity contribution in [2.24, 2.45) is 0 Å². The van der Waals surface area contributed by atoms with Gasteiger partial charge < -0.3 is 4.57 Å². The highest BCUT2D eigenvalue weighted by atomic mass is 16.3. The Morgan fingerprint density at radius 2 is 1.91 bits per heavy atom. The van der Waals surface area contributed by atoms with Gasteiger partial charge in [0.2, 0.25) is 0 Å². The summed E-state index contributed by atoms with van der Waals surface area (Å²) in [4.78, 5) is 27.9. The molecule has 1 aliphatic heterocycles. The number of fused-ring (bicyclic) bond motifs is 3. The number of para-hydroxylation sites is 1. The number of aromatic nitrogens is 2. The molecule has 0 radical (unpaired) electrons. The maximum atomic E-state index is 12.7. The van der Waals surface area contributed by atoms with Gasteiger partial charge in [-0.05, 0) is 11.6 Å². The summed E-state index contributed by atoms with van der Waals surface area (Å²) in [5.41, 5.74) is 3.99. The molecule has 0 aliphatic carbocycles. The molecule has 2 aromatic carbocycles. The smallest absolute Gasteiger partial charge is 0.264 e. The number of imidazole rings is 1. The summed E-state index contributed by atoms with van der Waals surface area (Å²) in [6.45, 7) is 0. The van der Waals surface area contributed by atoms with Crippen molar-refractivity contribution in [3.05, 3.63) is 77.1 Å². The standard InChI is InChI=1S/C18H13N3O2/c22-18(14-7-3-4-8-15(14)20-23)9-16-12-5-1-2-6-13(12)17-10-19-11-21(16)17/h1-8,10-11,16H,9H2/p+1. The molecule has 1 aromatic heterocycles. The second kappa shape index (κ2) is 5.28. The number of nitrogens with zero attached hydrogens (tertiary/aromatic N) is 2. The zero-order chi connectivity index (χ0) is 15.8. The summed E-state index contributed by atoms with van der Waals surface area (Å²) in [5.74, 6) is -0.0645. The molecule has 1 atom stereocenters. The van der Waals surface area contributed by atoms with Crippen molar-refractivity contribution in [2.75, 3.05) is 0 Å². The van der Waals surface area contributed by atoms with Gasteiger partial charge in [0.05, 0.1) is 29.8 Å². The molecule has 0 saturated heterocycles. The van der Waals surface area contributed by atoms with E-state index in [-0.39, 0.29) is 11.8 Å². The summed E-state index contributed by atoms with van der Waals surface area (Å²) < 4.78 is 2.02. The van der Waals surface area contributed by atoms with Crippen molar-refractivity contribution in [2.45, 2.75) is 12.5 Å². The second-order valence-corrected chi connectivity index (χ2v) is 5.56. The molecule has 23 heavy (non-hydrogen) atoms. The van der Waals surface area contributed by atoms with E-state index in [0.717, 1.165) is 16.8 Å². The topological polar surface area (TPSA) is 65.9 Å². The molecule has 1 unspecified atom stereocenters. The molecule has 4 rings (SSSR count). The van der Waals surface area contributed by atoms with Gasteiger partial charge in [-0.1, -0.05) is 36.4 Å². The molecule has 1 aliphatic rings. The molecule has 5 heteroatoms. The number of hydrogen-bond donors (Lipinski definition) is 1. The van der Waals surface area contributed by atoms with Crippen LogP contribution in [-0.4, -0.2) is 15.3 Å². The number of nitroso groups, excluding NO2 is 1. The Morgan fingerprint density at radius 1 is 1.13 bits per heavy atom. The first-order valence-corrected chi connectivity index (χ1v) is 7.41. The lowest BCUT2D eigenvalue weighted by Crippen LogP contribution is -2.56. The van der Waals surface area contributed by atoms with E-state index in [0.29, 0.717) is 17.7 Å². The van der Waals surface area contributed by atoms with Crippen LogP contribution >= 0.6 is 0 Å². The molecule has 0 amide bonds. The van der Waals surface area contributed by atoms with Crippen LogP contribution in [0.3, 0.4) is 0 Å². The molecule has 5 nitrogen and oxygen atoms in total. The highest BCUT2D eigenvalue weighted by molar-refractivity contribution is 6.00. The zero-order valence-corrected chi connectivity index (χ0v) is 12.3. The van der Waals surface area contributed by atoms with Crippen LogP contribution in [0.1, 0.15) is 28.4 Å². The Kier molecular flexibility index (Phi) is 3.12. The van der Waals surface area contributed by atoms with Crippen LogP contribution in [0.15, 0.2) is 61.1 Å². The van der Waals surface area contributed by atoms with Gasteiger partial charge in [0.15, 0.2) is 5.78 Å². The average Bonchev–Trinajstić information content (AvgIpc) is 3.18. The van der Waals surface area contributed by atoms with Gasteiger partial charge in [0, 0.05) is 28.1 Å². The van der Waals surface area contributed by atoms with Gasteiger partial charge in [-0.25, -0.2) is 4.98 Å². The Hall–Kier alpha value is -3.08. The highest BCUT2D eigenvalue weighted by Crippen LogP contribution is 2.41. The van der Waals surface area contributed by atoms with Crippen molar-refractivity contribution in [1.82, 2.24) is 9.55 Å². The third-order valence-corrected chi connectivity index (χ3v) is 4.31. The van der Waals surface area contributed by atoms with Gasteiger partial charge in [0.1, 0.15) is 0 Å². The molecular weight excluding hydrogens is 290 g/mol. The number of benzene rings is 2. The predicted octanol–water partition coefficient (Wildman–Crippen LogP) is 2.20. The summed E-state index contributed by atoms with van der Waals surface area (Å²) in [6.07, 6.45) is 3.86. The number of ketones is 1. The molecule has 3 aromatic rings. The summed E-state index contributed by atoms with van der Waals surface area (Å²) >= 11 is 0. The Labute approximate surface area is 132 Å². The molecule has 2 heterocycles. The molecule has 0 saturated carbocycles. The molecule has 0 spiro atoms. The van der Waals surface area contributed by atoms with Crippen LogP contribution in [0, 0.1) is 4.91 Å². The largest absolute Gasteiger partial charge is 0.322 e. The minimum Gasteiger partial charge on any atom is -0.322 e. The minimum absolute atomic E-state index is 0.0645. The fourth-order valence-corrected chi connectivity index (χ4v) is 3.24. The second-order valence-electron chi connectivity index (χ2n) is 5.56. The molecular formula is C18H14N3O2+. The number of carbonyl (C=O) groups excluding carboxylic acids is 1. The van der Waals surface area contributed by atoms with Crippen molar-refractivity contribution >= 4 is 11.5 Å². The average molecular weight is 304 g/mol. The first-order chi connectivity index (χ1) is 11.3. The van der Waals surface area contributed by atoms with Crippen molar-refractivity contribution in [3.63, 3.8) is 0 Å². The normalized spacial score (nSPS) is 15.0. The number of hydrogen-bond acceptors (Lipinski definition) is 3. The number of rotatable bonds is 4. The molecule has 1 N–H and O–H groups in total. The summed E-state index contributed by atoms with van der Waals surface area (Å²) in [7, 11) is 0. The lowest BCUT2D eigenvalue weighted by molar-refractivity contribution is -0.379. The third kappa shape index (κ3) is 2.09. The van der Waals surface area contributed by atoms with E-state index in [4.69, 9.17) is 0 Å². The fraction of sp³-hybridized carbons (Fsp3) is 0.111. The first kappa shape index (κ1) is 13.6. The van der Waals surface area contributed by atoms with Crippen LogP contribution in [0.4, 0.5) is 5.69 Å². The molecule has 0 bridgehead atoms. The monoisotopic (exact) mass is 304 g/mol. The van der Waals surface area contributed by atoms with E-state index in [9.17, 15) is 9.70 Å². The van der Waals surface area contributed by atoms with Gasteiger partial charge in [-0.3, -0.25) is 4.79 Å². The maximum Gasteiger partial charge on any atom is 0.264 e. The minimum atomic E-state index is -0.0871. The van der Waals surface area contributed by atoms with Crippen LogP contribution in [-0.2, 0) is 0 Å². The van der Waals surface area contributed by atoms with Crippen LogP contribution in [0.5, 0.6) is 0 Å². The molecule has 112 valence electrons. The van der Waals surface area contributed by atoms with Crippen molar-refractivity contribution in [1.29, 1.82) is 0 Å². The predicted molar refractivity (Wildman–Crippen MR) is 85.2 cm³/mol. The first-order valence-electron chi connectivity index (χ1n) is 7.41. The maximum absolute atomic E-state index is 12.7.